The summed E-state index contributed by atoms with van der Waals surface area (Å²) in [6.45, 7) is 0. The molecule has 4 rings (SSSR count). The van der Waals surface area contributed by atoms with E-state index in [9.17, 15) is 18.0 Å². The molecule has 0 atom stereocenters. The molecule has 8 nitrogen and oxygen atoms in total. The molecule has 4 aromatic rings. The number of imidazole rings is 1. The molecule has 4 N–H and O–H groups in total. The van der Waals surface area contributed by atoms with E-state index in [1.54, 1.807) is 24.4 Å². The van der Waals surface area contributed by atoms with Crippen LogP contribution in [-0.4, -0.2) is 38.3 Å². The number of hydrogen-bond donors (Lipinski definition) is 3. The van der Waals surface area contributed by atoms with Crippen molar-refractivity contribution in [1.82, 2.24) is 15.1 Å². The monoisotopic (exact) mass is 418 g/mol. The number of carboxylic acid groups (broad SMARTS) is 1. The number of aromatic amines is 1. The molecule has 0 aliphatic heterocycles. The maximum absolute atomic E-state index is 11.5. The average Bonchev–Trinajstić information content (AvgIpc) is 3.37. The number of nitrogens with one attached hydrogen (secondary N) is 1. The molecule has 0 radical (unpaired) electrons. The zero-order valence-corrected chi connectivity index (χ0v) is 15.0. The Morgan fingerprint density at radius 2 is 1.67 bits per heavy atom. The zero-order valence-electron chi connectivity index (χ0n) is 15.0. The molecular weight excluding hydrogens is 405 g/mol. The summed E-state index contributed by atoms with van der Waals surface area (Å²) in [6.07, 6.45) is -3.48. The Morgan fingerprint density at radius 1 is 1.03 bits per heavy atom. The van der Waals surface area contributed by atoms with Crippen LogP contribution in [0.2, 0.25) is 0 Å². The van der Waals surface area contributed by atoms with Gasteiger partial charge in [0.2, 0.25) is 0 Å². The lowest BCUT2D eigenvalue weighted by Gasteiger charge is -1.98. The van der Waals surface area contributed by atoms with Crippen LogP contribution in [0.3, 0.4) is 0 Å². The maximum Gasteiger partial charge on any atom is 0.490 e. The standard InChI is InChI=1S/C17H12N4O2.C2HF3O2/c18-16(22)12-2-1-3-13-15(12)21-17(20-13)11-6-4-10(5-7-11)14-8-9-19-23-14;3-2(4,5)1(6)7/h1-9H,(H2,18,22)(H,20,21);(H,6,7). The molecule has 0 saturated heterocycles. The Kier molecular flexibility index (Phi) is 5.54. The van der Waals surface area contributed by atoms with E-state index < -0.39 is 18.1 Å². The van der Waals surface area contributed by atoms with Gasteiger partial charge in [-0.05, 0) is 12.1 Å². The summed E-state index contributed by atoms with van der Waals surface area (Å²) in [6, 6.07) is 14.8. The van der Waals surface area contributed by atoms with Crippen LogP contribution >= 0.6 is 0 Å². The summed E-state index contributed by atoms with van der Waals surface area (Å²) in [5, 5.41) is 10.8. The molecule has 0 bridgehead atoms. The maximum atomic E-state index is 11.5. The van der Waals surface area contributed by atoms with Crippen LogP contribution in [0.1, 0.15) is 10.4 Å². The van der Waals surface area contributed by atoms with Crippen molar-refractivity contribution in [3.63, 3.8) is 0 Å². The lowest BCUT2D eigenvalue weighted by Crippen LogP contribution is -2.21. The van der Waals surface area contributed by atoms with Crippen molar-refractivity contribution in [2.75, 3.05) is 0 Å². The van der Waals surface area contributed by atoms with Crippen molar-refractivity contribution < 1.29 is 32.4 Å². The van der Waals surface area contributed by atoms with Gasteiger partial charge in [0.25, 0.3) is 5.91 Å². The van der Waals surface area contributed by atoms with Gasteiger partial charge in [0, 0.05) is 17.2 Å². The van der Waals surface area contributed by atoms with Gasteiger partial charge in [-0.2, -0.15) is 13.2 Å². The largest absolute Gasteiger partial charge is 0.490 e. The third-order valence-corrected chi connectivity index (χ3v) is 3.90. The molecule has 0 aliphatic rings. The number of carboxylic acids is 1. The number of carbonyl (C=O) groups excluding carboxylic acids is 1. The molecule has 154 valence electrons. The van der Waals surface area contributed by atoms with E-state index in [2.05, 4.69) is 15.1 Å². The highest BCUT2D eigenvalue weighted by molar-refractivity contribution is 6.04. The predicted octanol–water partition coefficient (Wildman–Crippen LogP) is 3.62. The molecule has 0 saturated carbocycles. The van der Waals surface area contributed by atoms with Crippen LogP contribution in [-0.2, 0) is 4.79 Å². The van der Waals surface area contributed by atoms with Gasteiger partial charge >= 0.3 is 12.1 Å². The first-order chi connectivity index (χ1) is 14.2. The molecule has 0 spiro atoms. The molecule has 2 aromatic carbocycles. The minimum Gasteiger partial charge on any atom is -0.475 e. The number of H-pyrrole nitrogens is 1. The molecule has 0 unspecified atom stereocenters. The number of carbonyl (C=O) groups is 2. The second-order valence-corrected chi connectivity index (χ2v) is 5.91. The smallest absolute Gasteiger partial charge is 0.475 e. The SMILES string of the molecule is NC(=O)c1cccc2[nH]c(-c3ccc(-c4ccno4)cc3)nc12.O=C(O)C(F)(F)F. The first kappa shape index (κ1) is 20.6. The zero-order chi connectivity index (χ0) is 21.9. The van der Waals surface area contributed by atoms with Crippen molar-refractivity contribution >= 4 is 22.9 Å². The summed E-state index contributed by atoms with van der Waals surface area (Å²) >= 11 is 0. The predicted molar refractivity (Wildman–Crippen MR) is 99.2 cm³/mol. The third kappa shape index (κ3) is 4.46. The minimum absolute atomic E-state index is 0.406. The molecule has 0 aliphatic carbocycles. The molecular formula is C19H13F3N4O4. The fraction of sp³-hybridized carbons (Fsp3) is 0.0526. The third-order valence-electron chi connectivity index (χ3n) is 3.90. The number of nitrogens with zero attached hydrogens (tertiary/aromatic N) is 2. The molecule has 11 heteroatoms. The number of fused-ring (bicyclic) bond motifs is 1. The highest BCUT2D eigenvalue weighted by Gasteiger charge is 2.38. The van der Waals surface area contributed by atoms with Crippen LogP contribution < -0.4 is 5.73 Å². The summed E-state index contributed by atoms with van der Waals surface area (Å²) < 4.78 is 36.9. The number of alkyl halides is 3. The molecule has 0 fully saturated rings. The number of rotatable bonds is 3. The van der Waals surface area contributed by atoms with Crippen molar-refractivity contribution in [2.24, 2.45) is 5.73 Å². The number of halogens is 3. The van der Waals surface area contributed by atoms with Gasteiger partial charge in [0.05, 0.1) is 17.3 Å². The van der Waals surface area contributed by atoms with Crippen molar-refractivity contribution in [3.8, 4) is 22.7 Å². The first-order valence-corrected chi connectivity index (χ1v) is 8.27. The fourth-order valence-electron chi connectivity index (χ4n) is 2.52. The van der Waals surface area contributed by atoms with Gasteiger partial charge in [-0.1, -0.05) is 35.5 Å². The van der Waals surface area contributed by atoms with Crippen LogP contribution in [0.25, 0.3) is 33.7 Å². The summed E-state index contributed by atoms with van der Waals surface area (Å²) in [5.41, 5.74) is 8.98. The van der Waals surface area contributed by atoms with Gasteiger partial charge in [-0.25, -0.2) is 9.78 Å². The van der Waals surface area contributed by atoms with Gasteiger partial charge in [0.1, 0.15) is 11.3 Å². The van der Waals surface area contributed by atoms with Crippen molar-refractivity contribution in [3.05, 3.63) is 60.3 Å². The Balaban J connectivity index is 0.000000318. The summed E-state index contributed by atoms with van der Waals surface area (Å²) in [7, 11) is 0. The van der Waals surface area contributed by atoms with E-state index >= 15 is 0 Å². The number of primary amides is 1. The van der Waals surface area contributed by atoms with Crippen LogP contribution in [0.15, 0.2) is 59.3 Å². The number of aliphatic carboxylic acids is 1. The van der Waals surface area contributed by atoms with E-state index in [0.29, 0.717) is 22.7 Å². The number of para-hydroxylation sites is 1. The van der Waals surface area contributed by atoms with Crippen molar-refractivity contribution in [1.29, 1.82) is 0 Å². The van der Waals surface area contributed by atoms with Crippen LogP contribution in [0.4, 0.5) is 13.2 Å². The Morgan fingerprint density at radius 3 is 2.20 bits per heavy atom. The van der Waals surface area contributed by atoms with Gasteiger partial charge in [-0.15, -0.1) is 0 Å². The fourth-order valence-corrected chi connectivity index (χ4v) is 2.52. The summed E-state index contributed by atoms with van der Waals surface area (Å²) in [4.78, 5) is 28.1. The topological polar surface area (TPSA) is 135 Å². The first-order valence-electron chi connectivity index (χ1n) is 8.27. The van der Waals surface area contributed by atoms with E-state index in [4.69, 9.17) is 20.2 Å². The summed E-state index contributed by atoms with van der Waals surface area (Å²) in [5.74, 6) is -1.86. The number of aromatic nitrogens is 3. The molecule has 1 amide bonds. The molecule has 30 heavy (non-hydrogen) atoms. The van der Waals surface area contributed by atoms with Gasteiger partial charge < -0.3 is 20.3 Å². The van der Waals surface area contributed by atoms with Gasteiger partial charge in [-0.3, -0.25) is 4.79 Å². The number of nitrogens with two attached hydrogens (primary N) is 1. The van der Waals surface area contributed by atoms with E-state index in [-0.39, 0.29) is 0 Å². The average molecular weight is 418 g/mol. The van der Waals surface area contributed by atoms with Crippen LogP contribution in [0, 0.1) is 0 Å². The Hall–Kier alpha value is -4.15. The van der Waals surface area contributed by atoms with E-state index in [1.807, 2.05) is 30.3 Å². The molecule has 2 aromatic heterocycles. The van der Waals surface area contributed by atoms with Crippen molar-refractivity contribution in [2.45, 2.75) is 6.18 Å². The quantitative estimate of drug-likeness (QED) is 0.465. The van der Waals surface area contributed by atoms with Gasteiger partial charge in [0.15, 0.2) is 5.76 Å². The Bertz CT molecular complexity index is 1180. The number of benzene rings is 2. The lowest BCUT2D eigenvalue weighted by atomic mass is 10.1. The second kappa shape index (κ2) is 8.07. The minimum atomic E-state index is -5.08. The van der Waals surface area contributed by atoms with E-state index in [1.165, 1.54) is 0 Å². The highest BCUT2D eigenvalue weighted by atomic mass is 19.4. The highest BCUT2D eigenvalue weighted by Crippen LogP contribution is 2.25. The van der Waals surface area contributed by atoms with E-state index in [0.717, 1.165) is 16.6 Å². The second-order valence-electron chi connectivity index (χ2n) is 5.91. The Labute approximate surface area is 166 Å². The normalized spacial score (nSPS) is 11.0. The number of amides is 1. The lowest BCUT2D eigenvalue weighted by molar-refractivity contribution is -0.192. The number of hydrogen-bond acceptors (Lipinski definition) is 5. The molecule has 2 heterocycles. The van der Waals surface area contributed by atoms with Crippen LogP contribution in [0.5, 0.6) is 0 Å².